The van der Waals surface area contributed by atoms with Crippen molar-refractivity contribution in [1.82, 2.24) is 9.55 Å². The smallest absolute Gasteiger partial charge is 0.412 e. The van der Waals surface area contributed by atoms with Crippen LogP contribution < -0.4 is 10.2 Å². The molecule has 1 N–H and O–H groups in total. The van der Waals surface area contributed by atoms with Crippen LogP contribution in [0, 0.1) is 0 Å². The van der Waals surface area contributed by atoms with Crippen LogP contribution in [0.5, 0.6) is 0 Å². The Kier molecular flexibility index (Phi) is 4.30. The Morgan fingerprint density at radius 2 is 1.75 bits per heavy atom. The van der Waals surface area contributed by atoms with E-state index in [4.69, 9.17) is 4.74 Å². The molecule has 3 aromatic rings. The second-order valence-corrected chi connectivity index (χ2v) is 7.71. The zero-order valence-corrected chi connectivity index (χ0v) is 16.1. The molecule has 0 saturated carbocycles. The van der Waals surface area contributed by atoms with Crippen LogP contribution in [0.4, 0.5) is 16.4 Å². The van der Waals surface area contributed by atoms with Crippen molar-refractivity contribution >= 4 is 34.7 Å². The van der Waals surface area contributed by atoms with Crippen molar-refractivity contribution in [1.29, 1.82) is 0 Å². The first-order chi connectivity index (χ1) is 13.3. The van der Waals surface area contributed by atoms with Crippen molar-refractivity contribution in [3.05, 3.63) is 54.1 Å². The molecule has 0 saturated heterocycles. The number of ether oxygens (including phenoxy) is 1. The SMILES string of the molecule is CC(C)(C)OC(=O)Nc1ccc(C(=O)N2CCn3c2nc2ccccc23)cc1. The number of rotatable bonds is 2. The van der Waals surface area contributed by atoms with Gasteiger partial charge in [-0.3, -0.25) is 15.0 Å². The molecule has 7 nitrogen and oxygen atoms in total. The fraction of sp³-hybridized carbons (Fsp3) is 0.286. The van der Waals surface area contributed by atoms with Crippen molar-refractivity contribution in [2.75, 3.05) is 16.8 Å². The number of fused-ring (bicyclic) bond motifs is 3. The summed E-state index contributed by atoms with van der Waals surface area (Å²) in [6, 6.07) is 14.6. The highest BCUT2D eigenvalue weighted by Gasteiger charge is 2.29. The maximum absolute atomic E-state index is 13.0. The van der Waals surface area contributed by atoms with Crippen LogP contribution in [-0.2, 0) is 11.3 Å². The van der Waals surface area contributed by atoms with E-state index < -0.39 is 11.7 Å². The molecule has 28 heavy (non-hydrogen) atoms. The Morgan fingerprint density at radius 3 is 2.46 bits per heavy atom. The molecule has 2 amide bonds. The zero-order valence-electron chi connectivity index (χ0n) is 16.1. The first kappa shape index (κ1) is 18.0. The Hall–Kier alpha value is -3.35. The lowest BCUT2D eigenvalue weighted by atomic mass is 10.2. The van der Waals surface area contributed by atoms with Gasteiger partial charge in [0.25, 0.3) is 5.91 Å². The number of nitrogens with zero attached hydrogens (tertiary/aromatic N) is 3. The topological polar surface area (TPSA) is 76.5 Å². The van der Waals surface area contributed by atoms with Gasteiger partial charge in [0, 0.05) is 24.3 Å². The van der Waals surface area contributed by atoms with Gasteiger partial charge in [0.05, 0.1) is 11.0 Å². The Balaban J connectivity index is 1.50. The molecular formula is C21H22N4O3. The molecule has 2 heterocycles. The van der Waals surface area contributed by atoms with Gasteiger partial charge in [0.15, 0.2) is 0 Å². The minimum atomic E-state index is -0.568. The quantitative estimate of drug-likeness (QED) is 0.730. The molecule has 0 atom stereocenters. The summed E-state index contributed by atoms with van der Waals surface area (Å²) in [6.07, 6.45) is -0.528. The van der Waals surface area contributed by atoms with Crippen molar-refractivity contribution in [2.24, 2.45) is 0 Å². The van der Waals surface area contributed by atoms with E-state index in [1.165, 1.54) is 0 Å². The maximum atomic E-state index is 13.0. The number of benzene rings is 2. The lowest BCUT2D eigenvalue weighted by Gasteiger charge is -2.19. The minimum absolute atomic E-state index is 0.113. The summed E-state index contributed by atoms with van der Waals surface area (Å²) in [5, 5.41) is 2.67. The number of para-hydroxylation sites is 2. The molecule has 0 radical (unpaired) electrons. The van der Waals surface area contributed by atoms with Crippen molar-refractivity contribution < 1.29 is 14.3 Å². The lowest BCUT2D eigenvalue weighted by molar-refractivity contribution is 0.0636. The molecule has 0 bridgehead atoms. The van der Waals surface area contributed by atoms with E-state index in [-0.39, 0.29) is 5.91 Å². The van der Waals surface area contributed by atoms with Crippen molar-refractivity contribution in [3.8, 4) is 0 Å². The molecule has 7 heteroatoms. The van der Waals surface area contributed by atoms with E-state index >= 15 is 0 Å². The van der Waals surface area contributed by atoms with Crippen LogP contribution in [-0.4, -0.2) is 33.7 Å². The van der Waals surface area contributed by atoms with Crippen molar-refractivity contribution in [3.63, 3.8) is 0 Å². The van der Waals surface area contributed by atoms with E-state index in [0.717, 1.165) is 17.6 Å². The molecule has 4 rings (SSSR count). The molecule has 1 aromatic heterocycles. The predicted molar refractivity (Wildman–Crippen MR) is 108 cm³/mol. The van der Waals surface area contributed by atoms with Gasteiger partial charge in [-0.05, 0) is 57.2 Å². The number of anilines is 2. The van der Waals surface area contributed by atoms with Crippen LogP contribution in [0.3, 0.4) is 0 Å². The normalized spacial score (nSPS) is 13.5. The Bertz CT molecular complexity index is 1050. The monoisotopic (exact) mass is 378 g/mol. The van der Waals surface area contributed by atoms with Gasteiger partial charge < -0.3 is 9.30 Å². The number of imidazole rings is 1. The highest BCUT2D eigenvalue weighted by molar-refractivity contribution is 6.06. The Morgan fingerprint density at radius 1 is 1.04 bits per heavy atom. The highest BCUT2D eigenvalue weighted by Crippen LogP contribution is 2.28. The summed E-state index contributed by atoms with van der Waals surface area (Å²) >= 11 is 0. The summed E-state index contributed by atoms with van der Waals surface area (Å²) in [6.45, 7) is 6.72. The summed E-state index contributed by atoms with van der Waals surface area (Å²) in [5.41, 5.74) is 2.45. The van der Waals surface area contributed by atoms with E-state index in [0.29, 0.717) is 23.7 Å². The standard InChI is InChI=1S/C21H22N4O3/c1-21(2,3)28-20(27)22-15-10-8-14(9-11-15)18(26)25-13-12-24-17-7-5-4-6-16(17)23-19(24)25/h4-11H,12-13H2,1-3H3,(H,22,27). The van der Waals surface area contributed by atoms with Gasteiger partial charge in [0.1, 0.15) is 5.60 Å². The first-order valence-electron chi connectivity index (χ1n) is 9.19. The van der Waals surface area contributed by atoms with E-state index in [1.807, 2.05) is 24.3 Å². The predicted octanol–water partition coefficient (Wildman–Crippen LogP) is 4.04. The van der Waals surface area contributed by atoms with Gasteiger partial charge in [-0.15, -0.1) is 0 Å². The number of carbonyl (C=O) groups is 2. The number of hydrogen-bond donors (Lipinski definition) is 1. The molecule has 0 fully saturated rings. The average Bonchev–Trinajstić information content (AvgIpc) is 3.19. The fourth-order valence-corrected chi connectivity index (χ4v) is 3.26. The van der Waals surface area contributed by atoms with Gasteiger partial charge in [-0.2, -0.15) is 0 Å². The summed E-state index contributed by atoms with van der Waals surface area (Å²) in [5.74, 6) is 0.556. The third kappa shape index (κ3) is 3.43. The van der Waals surface area contributed by atoms with E-state index in [9.17, 15) is 9.59 Å². The second-order valence-electron chi connectivity index (χ2n) is 7.71. The number of nitrogens with one attached hydrogen (secondary N) is 1. The van der Waals surface area contributed by atoms with Gasteiger partial charge in [-0.1, -0.05) is 12.1 Å². The maximum Gasteiger partial charge on any atom is 0.412 e. The average molecular weight is 378 g/mol. The molecule has 0 unspecified atom stereocenters. The fourth-order valence-electron chi connectivity index (χ4n) is 3.26. The molecular weight excluding hydrogens is 356 g/mol. The number of hydrogen-bond acceptors (Lipinski definition) is 4. The number of amides is 2. The van der Waals surface area contributed by atoms with Crippen LogP contribution in [0.25, 0.3) is 11.0 Å². The van der Waals surface area contributed by atoms with E-state index in [2.05, 4.69) is 14.9 Å². The van der Waals surface area contributed by atoms with Gasteiger partial charge in [0.2, 0.25) is 5.95 Å². The zero-order chi connectivity index (χ0) is 19.9. The second kappa shape index (κ2) is 6.67. The third-order valence-corrected chi connectivity index (χ3v) is 4.45. The van der Waals surface area contributed by atoms with Crippen LogP contribution in [0.1, 0.15) is 31.1 Å². The molecule has 0 spiro atoms. The highest BCUT2D eigenvalue weighted by atomic mass is 16.6. The summed E-state index contributed by atoms with van der Waals surface area (Å²) in [7, 11) is 0. The molecule has 1 aliphatic rings. The number of aromatic nitrogens is 2. The Labute approximate surface area is 162 Å². The first-order valence-corrected chi connectivity index (χ1v) is 9.19. The van der Waals surface area contributed by atoms with Crippen LogP contribution >= 0.6 is 0 Å². The van der Waals surface area contributed by atoms with E-state index in [1.54, 1.807) is 49.9 Å². The number of carbonyl (C=O) groups excluding carboxylic acids is 2. The van der Waals surface area contributed by atoms with Gasteiger partial charge in [-0.25, -0.2) is 9.78 Å². The van der Waals surface area contributed by atoms with Crippen LogP contribution in [0.15, 0.2) is 48.5 Å². The molecule has 144 valence electrons. The molecule has 2 aromatic carbocycles. The molecule has 1 aliphatic heterocycles. The summed E-state index contributed by atoms with van der Waals surface area (Å²) in [4.78, 5) is 31.1. The van der Waals surface area contributed by atoms with Crippen LogP contribution in [0.2, 0.25) is 0 Å². The largest absolute Gasteiger partial charge is 0.444 e. The lowest BCUT2D eigenvalue weighted by Crippen LogP contribution is -2.29. The van der Waals surface area contributed by atoms with Crippen molar-refractivity contribution in [2.45, 2.75) is 32.9 Å². The summed E-state index contributed by atoms with van der Waals surface area (Å²) < 4.78 is 7.29. The van der Waals surface area contributed by atoms with Gasteiger partial charge >= 0.3 is 6.09 Å². The molecule has 0 aliphatic carbocycles. The minimum Gasteiger partial charge on any atom is -0.444 e. The third-order valence-electron chi connectivity index (χ3n) is 4.45.